The summed E-state index contributed by atoms with van der Waals surface area (Å²) in [6, 6.07) is 19.4. The Kier molecular flexibility index (Phi) is 5.16. The fourth-order valence-electron chi connectivity index (χ4n) is 3.45. The molecule has 0 spiro atoms. The first kappa shape index (κ1) is 18.7. The van der Waals surface area contributed by atoms with Crippen LogP contribution in [0.3, 0.4) is 0 Å². The lowest BCUT2D eigenvalue weighted by Gasteiger charge is -2.18. The molecule has 3 aromatic carbocycles. The van der Waals surface area contributed by atoms with Crippen molar-refractivity contribution in [3.8, 4) is 0 Å². The summed E-state index contributed by atoms with van der Waals surface area (Å²) >= 11 is 12.2. The third kappa shape index (κ3) is 3.93. The van der Waals surface area contributed by atoms with E-state index >= 15 is 0 Å². The summed E-state index contributed by atoms with van der Waals surface area (Å²) in [5.74, 6) is -0.847. The van der Waals surface area contributed by atoms with Gasteiger partial charge in [0, 0.05) is 30.2 Å². The van der Waals surface area contributed by atoms with Gasteiger partial charge in [0.1, 0.15) is 0 Å². The van der Waals surface area contributed by atoms with Crippen molar-refractivity contribution in [3.05, 3.63) is 87.4 Å². The summed E-state index contributed by atoms with van der Waals surface area (Å²) < 4.78 is 0. The predicted octanol–water partition coefficient (Wildman–Crippen LogP) is 5.88. The highest BCUT2D eigenvalue weighted by molar-refractivity contribution is 6.42. The van der Waals surface area contributed by atoms with Gasteiger partial charge in [-0.1, -0.05) is 47.5 Å². The van der Waals surface area contributed by atoms with Crippen molar-refractivity contribution in [3.63, 3.8) is 0 Å². The number of halogens is 2. The Hall–Kier alpha value is -2.69. The monoisotopic (exact) mass is 412 g/mol. The predicted molar refractivity (Wildman–Crippen MR) is 114 cm³/mol. The van der Waals surface area contributed by atoms with Crippen molar-refractivity contribution in [1.29, 1.82) is 0 Å². The van der Waals surface area contributed by atoms with Crippen molar-refractivity contribution >= 4 is 46.2 Å². The molecule has 142 valence electrons. The molecule has 0 unspecified atom stereocenters. The molecule has 0 radical (unpaired) electrons. The van der Waals surface area contributed by atoms with Crippen molar-refractivity contribution < 1.29 is 9.90 Å². The number of nitrogens with zero attached hydrogens (tertiary/aromatic N) is 1. The normalized spacial score (nSPS) is 12.7. The van der Waals surface area contributed by atoms with E-state index in [1.165, 1.54) is 11.1 Å². The number of anilines is 3. The number of para-hydroxylation sites is 1. The number of hydrogen-bond donors (Lipinski definition) is 2. The quantitative estimate of drug-likeness (QED) is 0.548. The molecule has 4 nitrogen and oxygen atoms in total. The zero-order chi connectivity index (χ0) is 19.7. The number of fused-ring (bicyclic) bond motifs is 1. The lowest BCUT2D eigenvalue weighted by Crippen LogP contribution is -2.14. The van der Waals surface area contributed by atoms with Crippen LogP contribution in [0, 0.1) is 0 Å². The largest absolute Gasteiger partial charge is 0.481 e. The number of benzene rings is 3. The van der Waals surface area contributed by atoms with Crippen LogP contribution in [0.4, 0.5) is 17.1 Å². The van der Waals surface area contributed by atoms with Gasteiger partial charge in [-0.2, -0.15) is 0 Å². The third-order valence-electron chi connectivity index (χ3n) is 4.84. The van der Waals surface area contributed by atoms with E-state index in [2.05, 4.69) is 22.3 Å². The molecule has 6 heteroatoms. The zero-order valence-electron chi connectivity index (χ0n) is 15.0. The average molecular weight is 413 g/mol. The molecule has 0 atom stereocenters. The molecule has 28 heavy (non-hydrogen) atoms. The van der Waals surface area contributed by atoms with E-state index in [0.29, 0.717) is 10.0 Å². The van der Waals surface area contributed by atoms with E-state index in [9.17, 15) is 4.79 Å². The van der Waals surface area contributed by atoms with E-state index in [4.69, 9.17) is 28.3 Å². The van der Waals surface area contributed by atoms with Gasteiger partial charge < -0.3 is 15.3 Å². The van der Waals surface area contributed by atoms with Crippen LogP contribution < -0.4 is 10.2 Å². The second-order valence-electron chi connectivity index (χ2n) is 6.79. The van der Waals surface area contributed by atoms with Gasteiger partial charge in [-0.25, -0.2) is 0 Å². The van der Waals surface area contributed by atoms with Crippen LogP contribution in [-0.4, -0.2) is 11.1 Å². The summed E-state index contributed by atoms with van der Waals surface area (Å²) in [6.07, 6.45) is -0.0147. The maximum Gasteiger partial charge on any atom is 0.307 e. The Morgan fingerprint density at radius 2 is 1.75 bits per heavy atom. The standard InChI is InChI=1S/C22H18Cl2N2O2/c23-19-8-7-18(11-20(19)24)26-12-15-5-6-17(9-16(15)13-26)25-21-4-2-1-3-14(21)10-22(27)28/h1-9,11,25H,10,12-13H2,(H,27,28). The number of hydrogen-bond acceptors (Lipinski definition) is 3. The number of carboxylic acid groups (broad SMARTS) is 1. The summed E-state index contributed by atoms with van der Waals surface area (Å²) in [4.78, 5) is 13.3. The van der Waals surface area contributed by atoms with Crippen LogP contribution in [0.2, 0.25) is 10.0 Å². The Labute approximate surface area is 173 Å². The van der Waals surface area contributed by atoms with Gasteiger partial charge in [0.25, 0.3) is 0 Å². The molecule has 0 saturated carbocycles. The molecule has 2 N–H and O–H groups in total. The van der Waals surface area contributed by atoms with Crippen molar-refractivity contribution in [1.82, 2.24) is 0 Å². The molecule has 1 aliphatic heterocycles. The molecule has 0 aromatic heterocycles. The summed E-state index contributed by atoms with van der Waals surface area (Å²) in [7, 11) is 0. The third-order valence-corrected chi connectivity index (χ3v) is 5.57. The van der Waals surface area contributed by atoms with Crippen molar-refractivity contribution in [2.75, 3.05) is 10.2 Å². The Morgan fingerprint density at radius 1 is 0.964 bits per heavy atom. The number of aliphatic carboxylic acids is 1. The minimum Gasteiger partial charge on any atom is -0.481 e. The van der Waals surface area contributed by atoms with Crippen LogP contribution in [0.5, 0.6) is 0 Å². The topological polar surface area (TPSA) is 52.6 Å². The van der Waals surface area contributed by atoms with E-state index < -0.39 is 5.97 Å². The van der Waals surface area contributed by atoms with Gasteiger partial charge in [0.15, 0.2) is 0 Å². The van der Waals surface area contributed by atoms with E-state index in [0.717, 1.165) is 35.7 Å². The minimum atomic E-state index is -0.847. The first-order valence-corrected chi connectivity index (χ1v) is 9.64. The van der Waals surface area contributed by atoms with Gasteiger partial charge in [-0.3, -0.25) is 4.79 Å². The molecule has 0 amide bonds. The molecule has 0 aliphatic carbocycles. The van der Waals surface area contributed by atoms with Gasteiger partial charge in [0.05, 0.1) is 16.5 Å². The zero-order valence-corrected chi connectivity index (χ0v) is 16.5. The molecule has 0 bridgehead atoms. The number of carboxylic acids is 1. The van der Waals surface area contributed by atoms with Crippen LogP contribution in [0.25, 0.3) is 0 Å². The fraction of sp³-hybridized carbons (Fsp3) is 0.136. The Morgan fingerprint density at radius 3 is 2.54 bits per heavy atom. The molecular formula is C22H18Cl2N2O2. The molecular weight excluding hydrogens is 395 g/mol. The first-order valence-electron chi connectivity index (χ1n) is 8.88. The SMILES string of the molecule is O=C(O)Cc1ccccc1Nc1ccc2c(c1)CN(c1ccc(Cl)c(Cl)c1)C2. The summed E-state index contributed by atoms with van der Waals surface area (Å²) in [5, 5.41) is 13.6. The maximum atomic E-state index is 11.1. The lowest BCUT2D eigenvalue weighted by atomic mass is 10.1. The average Bonchev–Trinajstić information content (AvgIpc) is 3.08. The highest BCUT2D eigenvalue weighted by atomic mass is 35.5. The molecule has 0 saturated heterocycles. The van der Waals surface area contributed by atoms with Crippen LogP contribution in [0.1, 0.15) is 16.7 Å². The van der Waals surface area contributed by atoms with Crippen molar-refractivity contribution in [2.24, 2.45) is 0 Å². The van der Waals surface area contributed by atoms with E-state index in [1.54, 1.807) is 0 Å². The number of carbonyl (C=O) groups is 1. The molecule has 4 rings (SSSR count). The summed E-state index contributed by atoms with van der Waals surface area (Å²) in [5.41, 5.74) is 6.03. The lowest BCUT2D eigenvalue weighted by molar-refractivity contribution is -0.136. The fourth-order valence-corrected chi connectivity index (χ4v) is 3.74. The molecule has 1 aliphatic rings. The van der Waals surface area contributed by atoms with Crippen molar-refractivity contribution in [2.45, 2.75) is 19.5 Å². The minimum absolute atomic E-state index is 0.0147. The van der Waals surface area contributed by atoms with E-state index in [-0.39, 0.29) is 6.42 Å². The smallest absolute Gasteiger partial charge is 0.307 e. The second-order valence-corrected chi connectivity index (χ2v) is 7.61. The maximum absolute atomic E-state index is 11.1. The van der Waals surface area contributed by atoms with Crippen LogP contribution in [-0.2, 0) is 24.3 Å². The molecule has 3 aromatic rings. The second kappa shape index (κ2) is 7.74. The summed E-state index contributed by atoms with van der Waals surface area (Å²) in [6.45, 7) is 1.59. The van der Waals surface area contributed by atoms with Gasteiger partial charge >= 0.3 is 5.97 Å². The van der Waals surface area contributed by atoms with Gasteiger partial charge in [-0.15, -0.1) is 0 Å². The number of rotatable bonds is 5. The van der Waals surface area contributed by atoms with Gasteiger partial charge in [0.2, 0.25) is 0 Å². The Bertz CT molecular complexity index is 1050. The Balaban J connectivity index is 1.54. The van der Waals surface area contributed by atoms with Gasteiger partial charge in [-0.05, 0) is 53.1 Å². The highest BCUT2D eigenvalue weighted by Crippen LogP contribution is 2.34. The first-order chi connectivity index (χ1) is 13.5. The van der Waals surface area contributed by atoms with Crippen LogP contribution >= 0.6 is 23.2 Å². The molecule has 0 fully saturated rings. The van der Waals surface area contributed by atoms with E-state index in [1.807, 2.05) is 48.5 Å². The molecule has 1 heterocycles. The number of nitrogens with one attached hydrogen (secondary N) is 1. The highest BCUT2D eigenvalue weighted by Gasteiger charge is 2.20. The van der Waals surface area contributed by atoms with Crippen LogP contribution in [0.15, 0.2) is 60.7 Å².